The third-order valence-corrected chi connectivity index (χ3v) is 7.16. The highest BCUT2D eigenvalue weighted by Gasteiger charge is 2.38. The van der Waals surface area contributed by atoms with E-state index in [1.54, 1.807) is 25.7 Å². The van der Waals surface area contributed by atoms with E-state index in [-0.39, 0.29) is 17.7 Å². The van der Waals surface area contributed by atoms with Crippen molar-refractivity contribution in [3.05, 3.63) is 64.2 Å². The van der Waals surface area contributed by atoms with Gasteiger partial charge in [0.2, 0.25) is 5.91 Å². The highest BCUT2D eigenvalue weighted by molar-refractivity contribution is 6.00. The molecular weight excluding hydrogens is 514 g/mol. The second kappa shape index (κ2) is 15.0. The van der Waals surface area contributed by atoms with E-state index >= 15 is 0 Å². The van der Waals surface area contributed by atoms with Crippen LogP contribution in [0.1, 0.15) is 101 Å². The normalized spacial score (nSPS) is 13.0. The minimum Gasteiger partial charge on any atom is -0.444 e. The third kappa shape index (κ3) is 9.91. The van der Waals surface area contributed by atoms with Crippen LogP contribution in [-0.2, 0) is 14.3 Å². The molecule has 2 aromatic carbocycles. The fraction of sp³-hybridized carbons (Fsp3) is 0.559. The molecule has 2 atom stereocenters. The Labute approximate surface area is 247 Å². The molecule has 7 nitrogen and oxygen atoms in total. The highest BCUT2D eigenvalue weighted by atomic mass is 16.6. The Bertz CT molecular complexity index is 1180. The van der Waals surface area contributed by atoms with Crippen molar-refractivity contribution in [1.82, 2.24) is 10.2 Å². The molecule has 0 bridgehead atoms. The first kappa shape index (κ1) is 33.9. The van der Waals surface area contributed by atoms with Gasteiger partial charge in [0.15, 0.2) is 0 Å². The van der Waals surface area contributed by atoms with Crippen molar-refractivity contribution < 1.29 is 19.1 Å². The molecule has 2 N–H and O–H groups in total. The van der Waals surface area contributed by atoms with Gasteiger partial charge in [0.25, 0.3) is 5.91 Å². The van der Waals surface area contributed by atoms with E-state index in [1.165, 1.54) is 0 Å². The molecule has 7 heteroatoms. The number of amides is 3. The Balaban J connectivity index is 2.63. The Hall–Kier alpha value is -3.35. The maximum absolute atomic E-state index is 14.4. The number of benzene rings is 2. The van der Waals surface area contributed by atoms with Crippen LogP contribution in [0.2, 0.25) is 0 Å². The largest absolute Gasteiger partial charge is 0.444 e. The molecule has 2 rings (SSSR count). The summed E-state index contributed by atoms with van der Waals surface area (Å²) in [4.78, 5) is 43.2. The SMILES string of the molecule is CCCCCCN(C(=O)C(NC(=O)OC(C)(C)C)C(C)C)C(C(=O)Nc1c(C)cccc1C)c1cc(C)ccc1C. The molecule has 0 heterocycles. The number of hydrogen-bond donors (Lipinski definition) is 2. The molecule has 3 amide bonds. The number of ether oxygens (including phenoxy) is 1. The average molecular weight is 566 g/mol. The van der Waals surface area contributed by atoms with E-state index in [4.69, 9.17) is 4.74 Å². The Morgan fingerprint density at radius 2 is 1.54 bits per heavy atom. The molecule has 2 aromatic rings. The summed E-state index contributed by atoms with van der Waals surface area (Å²) in [6.45, 7) is 19.5. The Morgan fingerprint density at radius 3 is 2.10 bits per heavy atom. The van der Waals surface area contributed by atoms with Crippen LogP contribution in [0.4, 0.5) is 10.5 Å². The van der Waals surface area contributed by atoms with Gasteiger partial charge in [0.1, 0.15) is 17.7 Å². The van der Waals surface area contributed by atoms with Crippen LogP contribution in [0.15, 0.2) is 36.4 Å². The fourth-order valence-electron chi connectivity index (χ4n) is 4.91. The maximum Gasteiger partial charge on any atom is 0.408 e. The molecule has 2 unspecified atom stereocenters. The number of para-hydroxylation sites is 1. The van der Waals surface area contributed by atoms with Crippen molar-refractivity contribution in [2.45, 2.75) is 113 Å². The first-order valence-corrected chi connectivity index (χ1v) is 14.9. The summed E-state index contributed by atoms with van der Waals surface area (Å²) in [5, 5.41) is 5.97. The van der Waals surface area contributed by atoms with Crippen LogP contribution in [-0.4, -0.2) is 41.0 Å². The molecule has 0 aromatic heterocycles. The topological polar surface area (TPSA) is 87.7 Å². The zero-order valence-corrected chi connectivity index (χ0v) is 26.8. The number of carbonyl (C=O) groups excluding carboxylic acids is 3. The lowest BCUT2D eigenvalue weighted by atomic mass is 9.94. The van der Waals surface area contributed by atoms with Crippen LogP contribution in [0.5, 0.6) is 0 Å². The lowest BCUT2D eigenvalue weighted by molar-refractivity contribution is -0.141. The van der Waals surface area contributed by atoms with E-state index in [0.717, 1.165) is 59.2 Å². The summed E-state index contributed by atoms with van der Waals surface area (Å²) in [7, 11) is 0. The molecule has 226 valence electrons. The standard InChI is InChI=1S/C34H51N3O4/c1-11-12-13-14-20-37(32(39)28(22(2)3)36-33(40)41-34(8,9)10)30(27-21-23(4)18-19-24(27)5)31(38)35-29-25(6)16-15-17-26(29)7/h15-19,21-22,28,30H,11-14,20H2,1-10H3,(H,35,38)(H,36,40). The Morgan fingerprint density at radius 1 is 0.902 bits per heavy atom. The summed E-state index contributed by atoms with van der Waals surface area (Å²) in [6.07, 6.45) is 3.11. The Kier molecular flexibility index (Phi) is 12.4. The number of unbranched alkanes of at least 4 members (excludes halogenated alkanes) is 3. The molecule has 0 radical (unpaired) electrons. The van der Waals surface area contributed by atoms with Gasteiger partial charge < -0.3 is 20.3 Å². The summed E-state index contributed by atoms with van der Waals surface area (Å²) < 4.78 is 5.49. The zero-order chi connectivity index (χ0) is 30.9. The van der Waals surface area contributed by atoms with Crippen LogP contribution in [0.25, 0.3) is 0 Å². The number of rotatable bonds is 12. The second-order valence-electron chi connectivity index (χ2n) is 12.5. The van der Waals surface area contributed by atoms with Gasteiger partial charge in [-0.3, -0.25) is 9.59 Å². The van der Waals surface area contributed by atoms with Gasteiger partial charge in [0.05, 0.1) is 0 Å². The van der Waals surface area contributed by atoms with E-state index in [9.17, 15) is 14.4 Å². The molecule has 0 aliphatic rings. The number of alkyl carbamates (subject to hydrolysis) is 1. The maximum atomic E-state index is 14.4. The first-order valence-electron chi connectivity index (χ1n) is 14.9. The fourth-order valence-corrected chi connectivity index (χ4v) is 4.91. The molecule has 0 spiro atoms. The summed E-state index contributed by atoms with van der Waals surface area (Å²) in [5.41, 5.74) is 4.64. The highest BCUT2D eigenvalue weighted by Crippen LogP contribution is 2.30. The van der Waals surface area contributed by atoms with Crippen LogP contribution < -0.4 is 10.6 Å². The van der Waals surface area contributed by atoms with Crippen molar-refractivity contribution in [1.29, 1.82) is 0 Å². The van der Waals surface area contributed by atoms with Gasteiger partial charge in [0, 0.05) is 12.2 Å². The van der Waals surface area contributed by atoms with Gasteiger partial charge in [-0.2, -0.15) is 0 Å². The zero-order valence-electron chi connectivity index (χ0n) is 26.8. The van der Waals surface area contributed by atoms with Crippen molar-refractivity contribution in [3.8, 4) is 0 Å². The number of anilines is 1. The first-order chi connectivity index (χ1) is 19.2. The molecule has 0 saturated carbocycles. The van der Waals surface area contributed by atoms with Crippen LogP contribution >= 0.6 is 0 Å². The second-order valence-corrected chi connectivity index (χ2v) is 12.5. The van der Waals surface area contributed by atoms with E-state index < -0.39 is 23.8 Å². The minimum atomic E-state index is -0.885. The van der Waals surface area contributed by atoms with Gasteiger partial charge in [-0.1, -0.05) is 82.0 Å². The molecule has 0 saturated heterocycles. The van der Waals surface area contributed by atoms with Crippen LogP contribution in [0, 0.1) is 33.6 Å². The smallest absolute Gasteiger partial charge is 0.408 e. The predicted molar refractivity (Wildman–Crippen MR) is 167 cm³/mol. The number of nitrogens with zero attached hydrogens (tertiary/aromatic N) is 1. The van der Waals surface area contributed by atoms with Gasteiger partial charge in [-0.15, -0.1) is 0 Å². The molecule has 41 heavy (non-hydrogen) atoms. The van der Waals surface area contributed by atoms with E-state index in [0.29, 0.717) is 6.54 Å². The van der Waals surface area contributed by atoms with Crippen molar-refractivity contribution >= 4 is 23.6 Å². The number of carbonyl (C=O) groups is 3. The van der Waals surface area contributed by atoms with Crippen molar-refractivity contribution in [3.63, 3.8) is 0 Å². The van der Waals surface area contributed by atoms with Crippen molar-refractivity contribution in [2.75, 3.05) is 11.9 Å². The van der Waals surface area contributed by atoms with Gasteiger partial charge >= 0.3 is 6.09 Å². The predicted octanol–water partition coefficient (Wildman–Crippen LogP) is 7.56. The van der Waals surface area contributed by atoms with E-state index in [2.05, 4.69) is 17.6 Å². The summed E-state index contributed by atoms with van der Waals surface area (Å²) in [6, 6.07) is 10.1. The average Bonchev–Trinajstić information content (AvgIpc) is 2.87. The lowest BCUT2D eigenvalue weighted by Gasteiger charge is -2.36. The number of hydrogen-bond acceptors (Lipinski definition) is 4. The molecular formula is C34H51N3O4. The monoisotopic (exact) mass is 565 g/mol. The molecule has 0 aliphatic carbocycles. The quantitative estimate of drug-likeness (QED) is 0.260. The summed E-state index contributed by atoms with van der Waals surface area (Å²) in [5.74, 6) is -0.807. The van der Waals surface area contributed by atoms with E-state index in [1.807, 2.05) is 77.9 Å². The number of nitrogens with one attached hydrogen (secondary N) is 2. The third-order valence-electron chi connectivity index (χ3n) is 7.16. The molecule has 0 fully saturated rings. The number of aryl methyl sites for hydroxylation is 4. The van der Waals surface area contributed by atoms with Crippen molar-refractivity contribution in [2.24, 2.45) is 5.92 Å². The van der Waals surface area contributed by atoms with Crippen LogP contribution in [0.3, 0.4) is 0 Å². The molecule has 0 aliphatic heterocycles. The summed E-state index contributed by atoms with van der Waals surface area (Å²) >= 11 is 0. The minimum absolute atomic E-state index is 0.228. The van der Waals surface area contributed by atoms with Gasteiger partial charge in [-0.05, 0) is 83.1 Å². The lowest BCUT2D eigenvalue weighted by Crippen LogP contribution is -2.54. The van der Waals surface area contributed by atoms with Gasteiger partial charge in [-0.25, -0.2) is 4.79 Å².